The van der Waals surface area contributed by atoms with Crippen molar-refractivity contribution in [1.29, 1.82) is 0 Å². The number of thiophene rings is 1. The van der Waals surface area contributed by atoms with Crippen molar-refractivity contribution in [2.24, 2.45) is 0 Å². The highest BCUT2D eigenvalue weighted by atomic mass is 32.1. The molecule has 0 radical (unpaired) electrons. The van der Waals surface area contributed by atoms with Crippen LogP contribution >= 0.6 is 11.3 Å². The Kier molecular flexibility index (Phi) is 1.69. The Balaban J connectivity index is 2.50. The molecule has 0 bridgehead atoms. The fourth-order valence-electron chi connectivity index (χ4n) is 1.23. The molecule has 1 aliphatic rings. The largest absolute Gasteiger partial charge is 0.376 e. The lowest BCUT2D eigenvalue weighted by Gasteiger charge is -2.10. The molecule has 2 rings (SSSR count). The van der Waals surface area contributed by atoms with Gasteiger partial charge >= 0.3 is 0 Å². The van der Waals surface area contributed by atoms with Crippen LogP contribution in [-0.2, 0) is 0 Å². The van der Waals surface area contributed by atoms with E-state index in [2.05, 4.69) is 5.32 Å². The van der Waals surface area contributed by atoms with Gasteiger partial charge in [0.05, 0.1) is 15.4 Å². The first-order chi connectivity index (χ1) is 5.81. The summed E-state index contributed by atoms with van der Waals surface area (Å²) < 4.78 is 0. The molecule has 2 heterocycles. The third-order valence-corrected chi connectivity index (χ3v) is 2.82. The molecule has 0 atom stereocenters. The minimum absolute atomic E-state index is 0.133. The summed E-state index contributed by atoms with van der Waals surface area (Å²) in [7, 11) is 0. The van der Waals surface area contributed by atoms with E-state index >= 15 is 0 Å². The summed E-state index contributed by atoms with van der Waals surface area (Å²) in [5.74, 6) is 0.133. The molecule has 1 aromatic rings. The lowest BCUT2D eigenvalue weighted by Crippen LogP contribution is -2.15. The van der Waals surface area contributed by atoms with Crippen LogP contribution in [-0.4, -0.2) is 18.6 Å². The minimum Gasteiger partial charge on any atom is -0.376 e. The number of ketones is 1. The number of Topliss-reactive ketones (excluding diaryl/α,β-unsaturated/α-hetero) is 1. The Hall–Kier alpha value is -1.16. The number of fused-ring (bicyclic) bond motifs is 1. The number of hydrogen-bond acceptors (Lipinski definition) is 4. The van der Waals surface area contributed by atoms with Crippen LogP contribution in [0.4, 0.5) is 5.00 Å². The fourth-order valence-corrected chi connectivity index (χ4v) is 2.15. The lowest BCUT2D eigenvalue weighted by molar-refractivity contribution is 0.0984. The number of anilines is 1. The Bertz CT molecular complexity index is 343. The van der Waals surface area contributed by atoms with E-state index in [9.17, 15) is 9.59 Å². The highest BCUT2D eigenvalue weighted by Gasteiger charge is 2.19. The maximum absolute atomic E-state index is 11.3. The maximum Gasteiger partial charge on any atom is 0.167 e. The van der Waals surface area contributed by atoms with Crippen LogP contribution in [0.3, 0.4) is 0 Å². The second kappa shape index (κ2) is 2.71. The van der Waals surface area contributed by atoms with E-state index in [0.29, 0.717) is 23.4 Å². The SMILES string of the molecule is O=Cc1cc2c(s1)NCCC2=O. The van der Waals surface area contributed by atoms with Crippen molar-refractivity contribution in [1.82, 2.24) is 0 Å². The summed E-state index contributed by atoms with van der Waals surface area (Å²) in [5.41, 5.74) is 0.674. The summed E-state index contributed by atoms with van der Waals surface area (Å²) in [6.45, 7) is 0.685. The van der Waals surface area contributed by atoms with E-state index in [1.54, 1.807) is 6.07 Å². The smallest absolute Gasteiger partial charge is 0.167 e. The molecular weight excluding hydrogens is 174 g/mol. The van der Waals surface area contributed by atoms with Gasteiger partial charge in [-0.2, -0.15) is 0 Å². The van der Waals surface area contributed by atoms with E-state index in [4.69, 9.17) is 0 Å². The van der Waals surface area contributed by atoms with Crippen LogP contribution in [0.25, 0.3) is 0 Å². The van der Waals surface area contributed by atoms with Crippen molar-refractivity contribution in [3.8, 4) is 0 Å². The maximum atomic E-state index is 11.3. The van der Waals surface area contributed by atoms with Gasteiger partial charge in [0, 0.05) is 13.0 Å². The highest BCUT2D eigenvalue weighted by Crippen LogP contribution is 2.30. The first-order valence-corrected chi connectivity index (χ1v) is 4.49. The van der Waals surface area contributed by atoms with Gasteiger partial charge < -0.3 is 5.32 Å². The minimum atomic E-state index is 0.133. The molecule has 0 saturated heterocycles. The monoisotopic (exact) mass is 181 g/mol. The molecule has 12 heavy (non-hydrogen) atoms. The van der Waals surface area contributed by atoms with Gasteiger partial charge in [-0.1, -0.05) is 0 Å². The molecule has 0 aromatic carbocycles. The third kappa shape index (κ3) is 1.04. The second-order valence-electron chi connectivity index (χ2n) is 2.61. The van der Waals surface area contributed by atoms with Crippen molar-refractivity contribution in [2.45, 2.75) is 6.42 Å². The summed E-state index contributed by atoms with van der Waals surface area (Å²) in [4.78, 5) is 22.3. The van der Waals surface area contributed by atoms with Crippen LogP contribution in [0.5, 0.6) is 0 Å². The lowest BCUT2D eigenvalue weighted by atomic mass is 10.1. The number of nitrogens with one attached hydrogen (secondary N) is 1. The Morgan fingerprint density at radius 3 is 3.08 bits per heavy atom. The first-order valence-electron chi connectivity index (χ1n) is 3.67. The number of rotatable bonds is 1. The van der Waals surface area contributed by atoms with Gasteiger partial charge in [-0.25, -0.2) is 0 Å². The standard InChI is InChI=1S/C8H7NO2S/c10-4-5-3-6-7(11)1-2-9-8(6)12-5/h3-4,9H,1-2H2. The summed E-state index contributed by atoms with van der Waals surface area (Å²) in [6, 6.07) is 1.65. The van der Waals surface area contributed by atoms with E-state index < -0.39 is 0 Å². The summed E-state index contributed by atoms with van der Waals surface area (Å²) in [5, 5.41) is 3.93. The zero-order chi connectivity index (χ0) is 8.55. The second-order valence-corrected chi connectivity index (χ2v) is 3.69. The zero-order valence-electron chi connectivity index (χ0n) is 6.29. The van der Waals surface area contributed by atoms with Crippen LogP contribution in [0, 0.1) is 0 Å². The average molecular weight is 181 g/mol. The number of aldehydes is 1. The van der Waals surface area contributed by atoms with Gasteiger partial charge in [-0.3, -0.25) is 9.59 Å². The first kappa shape index (κ1) is 7.49. The quantitative estimate of drug-likeness (QED) is 0.669. The van der Waals surface area contributed by atoms with Crippen molar-refractivity contribution in [3.05, 3.63) is 16.5 Å². The van der Waals surface area contributed by atoms with E-state index in [1.807, 2.05) is 0 Å². The van der Waals surface area contributed by atoms with Crippen molar-refractivity contribution >= 4 is 28.4 Å². The topological polar surface area (TPSA) is 46.2 Å². The molecule has 0 fully saturated rings. The van der Waals surface area contributed by atoms with Crippen LogP contribution in [0.2, 0.25) is 0 Å². The van der Waals surface area contributed by atoms with E-state index in [-0.39, 0.29) is 5.78 Å². The average Bonchev–Trinajstić information content (AvgIpc) is 2.49. The van der Waals surface area contributed by atoms with Gasteiger partial charge in [-0.15, -0.1) is 11.3 Å². The zero-order valence-corrected chi connectivity index (χ0v) is 7.11. The number of carbonyl (C=O) groups excluding carboxylic acids is 2. The normalized spacial score (nSPS) is 15.2. The molecule has 1 aliphatic heterocycles. The van der Waals surface area contributed by atoms with Crippen molar-refractivity contribution in [2.75, 3.05) is 11.9 Å². The molecule has 1 N–H and O–H groups in total. The summed E-state index contributed by atoms with van der Waals surface area (Å²) >= 11 is 1.34. The molecule has 0 unspecified atom stereocenters. The molecule has 3 nitrogen and oxygen atoms in total. The van der Waals surface area contributed by atoms with Gasteiger partial charge in [-0.05, 0) is 6.07 Å². The van der Waals surface area contributed by atoms with Gasteiger partial charge in [0.1, 0.15) is 0 Å². The Morgan fingerprint density at radius 1 is 1.58 bits per heavy atom. The number of hydrogen-bond donors (Lipinski definition) is 1. The predicted molar refractivity (Wildman–Crippen MR) is 47.1 cm³/mol. The van der Waals surface area contributed by atoms with E-state index in [0.717, 1.165) is 11.3 Å². The van der Waals surface area contributed by atoms with Crippen LogP contribution in [0.1, 0.15) is 26.5 Å². The predicted octanol–water partition coefficient (Wildman–Crippen LogP) is 1.56. The van der Waals surface area contributed by atoms with Crippen LogP contribution in [0.15, 0.2) is 6.07 Å². The molecule has 62 valence electrons. The fraction of sp³-hybridized carbons (Fsp3) is 0.250. The molecule has 0 aliphatic carbocycles. The molecule has 0 spiro atoms. The highest BCUT2D eigenvalue weighted by molar-refractivity contribution is 7.18. The summed E-state index contributed by atoms with van der Waals surface area (Å²) in [6.07, 6.45) is 1.31. The number of carbonyl (C=O) groups is 2. The molecular formula is C8H7NO2S. The Morgan fingerprint density at radius 2 is 2.42 bits per heavy atom. The van der Waals surface area contributed by atoms with E-state index in [1.165, 1.54) is 11.3 Å². The molecule has 0 amide bonds. The molecule has 0 saturated carbocycles. The van der Waals surface area contributed by atoms with Gasteiger partial charge in [0.15, 0.2) is 12.1 Å². The molecule has 4 heteroatoms. The Labute approximate surface area is 73.4 Å². The molecule has 1 aromatic heterocycles. The van der Waals surface area contributed by atoms with Gasteiger partial charge in [0.2, 0.25) is 0 Å². The van der Waals surface area contributed by atoms with Crippen LogP contribution < -0.4 is 5.32 Å². The van der Waals surface area contributed by atoms with Gasteiger partial charge in [0.25, 0.3) is 0 Å². The van der Waals surface area contributed by atoms with Crippen molar-refractivity contribution in [3.63, 3.8) is 0 Å². The van der Waals surface area contributed by atoms with Crippen molar-refractivity contribution < 1.29 is 9.59 Å². The third-order valence-electron chi connectivity index (χ3n) is 1.81.